The molecular formula is C20H24FN3O5S. The van der Waals surface area contributed by atoms with Gasteiger partial charge in [-0.05, 0) is 43.4 Å². The van der Waals surface area contributed by atoms with E-state index in [0.29, 0.717) is 12.0 Å². The van der Waals surface area contributed by atoms with Crippen molar-refractivity contribution < 1.29 is 27.2 Å². The first-order valence-corrected chi connectivity index (χ1v) is 11.9. The fourth-order valence-electron chi connectivity index (χ4n) is 4.41. The van der Waals surface area contributed by atoms with Gasteiger partial charge in [0.2, 0.25) is 5.91 Å². The predicted octanol–water partition coefficient (Wildman–Crippen LogP) is 1.16. The molecule has 2 aliphatic heterocycles. The summed E-state index contributed by atoms with van der Waals surface area (Å²) in [5.41, 5.74) is -0.910. The van der Waals surface area contributed by atoms with Crippen LogP contribution in [0.1, 0.15) is 38.2 Å². The fraction of sp³-hybridized carbons (Fsp3) is 0.550. The third kappa shape index (κ3) is 3.57. The van der Waals surface area contributed by atoms with Gasteiger partial charge in [0.1, 0.15) is 17.9 Å². The van der Waals surface area contributed by atoms with Crippen LogP contribution >= 0.6 is 0 Å². The van der Waals surface area contributed by atoms with Crippen molar-refractivity contribution in [3.8, 4) is 0 Å². The van der Waals surface area contributed by atoms with E-state index in [-0.39, 0.29) is 24.0 Å². The molecule has 4 amide bonds. The van der Waals surface area contributed by atoms with Gasteiger partial charge in [-0.2, -0.15) is 0 Å². The average molecular weight is 437 g/mol. The van der Waals surface area contributed by atoms with E-state index >= 15 is 0 Å². The van der Waals surface area contributed by atoms with Gasteiger partial charge in [0, 0.05) is 12.1 Å². The van der Waals surface area contributed by atoms with Crippen molar-refractivity contribution >= 4 is 27.7 Å². The van der Waals surface area contributed by atoms with Crippen molar-refractivity contribution in [2.75, 3.05) is 18.1 Å². The van der Waals surface area contributed by atoms with Crippen LogP contribution in [0.15, 0.2) is 24.3 Å². The van der Waals surface area contributed by atoms with Crippen LogP contribution in [0.4, 0.5) is 9.18 Å². The zero-order chi connectivity index (χ0) is 21.7. The Hall–Kier alpha value is -2.49. The Morgan fingerprint density at radius 2 is 1.87 bits per heavy atom. The number of amides is 4. The Kier molecular flexibility index (Phi) is 5.08. The van der Waals surface area contributed by atoms with Crippen molar-refractivity contribution in [3.63, 3.8) is 0 Å². The summed E-state index contributed by atoms with van der Waals surface area (Å²) in [5.74, 6) is -1.48. The number of benzene rings is 1. The van der Waals surface area contributed by atoms with Crippen LogP contribution in [0.5, 0.6) is 0 Å². The van der Waals surface area contributed by atoms with Gasteiger partial charge in [-0.3, -0.25) is 14.5 Å². The third-order valence-electron chi connectivity index (χ3n) is 6.17. The quantitative estimate of drug-likeness (QED) is 0.673. The van der Waals surface area contributed by atoms with Gasteiger partial charge in [-0.15, -0.1) is 0 Å². The summed E-state index contributed by atoms with van der Waals surface area (Å²) in [6.45, 7) is 1.29. The maximum atomic E-state index is 13.3. The SMILES string of the molecule is CC[C@]1(c2ccc(F)cc2)NC(=O)N(CC(=O)N(C2CC2)[C@@H]2CCS(=O)(=O)C2)C1=O. The second kappa shape index (κ2) is 7.33. The Balaban J connectivity index is 1.55. The van der Waals surface area contributed by atoms with Gasteiger partial charge in [0.05, 0.1) is 11.5 Å². The average Bonchev–Trinajstić information content (AvgIpc) is 3.42. The number of nitrogens with one attached hydrogen (secondary N) is 1. The molecule has 0 unspecified atom stereocenters. The molecule has 30 heavy (non-hydrogen) atoms. The highest BCUT2D eigenvalue weighted by molar-refractivity contribution is 7.91. The molecule has 2 heterocycles. The Labute approximate surface area is 174 Å². The summed E-state index contributed by atoms with van der Waals surface area (Å²) in [4.78, 5) is 41.3. The van der Waals surface area contributed by atoms with Crippen molar-refractivity contribution in [3.05, 3.63) is 35.6 Å². The summed E-state index contributed by atoms with van der Waals surface area (Å²) in [6, 6.07) is 4.19. The summed E-state index contributed by atoms with van der Waals surface area (Å²) >= 11 is 0. The number of sulfone groups is 1. The maximum Gasteiger partial charge on any atom is 0.325 e. The molecule has 1 saturated carbocycles. The minimum absolute atomic E-state index is 0.0374. The number of halogens is 1. The molecule has 0 spiro atoms. The van der Waals surface area contributed by atoms with Crippen LogP contribution in [-0.2, 0) is 25.0 Å². The first kappa shape index (κ1) is 20.8. The minimum atomic E-state index is -3.17. The summed E-state index contributed by atoms with van der Waals surface area (Å²) < 4.78 is 37.1. The monoisotopic (exact) mass is 437 g/mol. The molecular weight excluding hydrogens is 413 g/mol. The number of imide groups is 1. The third-order valence-corrected chi connectivity index (χ3v) is 7.92. The van der Waals surface area contributed by atoms with Gasteiger partial charge in [-0.1, -0.05) is 19.1 Å². The molecule has 1 aromatic rings. The first-order chi connectivity index (χ1) is 14.2. The largest absolute Gasteiger partial charge is 0.334 e. The van der Waals surface area contributed by atoms with Crippen LogP contribution in [-0.4, -0.2) is 66.2 Å². The molecule has 0 bridgehead atoms. The van der Waals surface area contributed by atoms with E-state index in [1.54, 1.807) is 11.8 Å². The summed E-state index contributed by atoms with van der Waals surface area (Å²) in [6.07, 6.45) is 2.19. The van der Waals surface area contributed by atoms with Crippen LogP contribution in [0.25, 0.3) is 0 Å². The van der Waals surface area contributed by atoms with Crippen molar-refractivity contribution in [2.24, 2.45) is 0 Å². The van der Waals surface area contributed by atoms with Crippen LogP contribution in [0.2, 0.25) is 0 Å². The lowest BCUT2D eigenvalue weighted by Crippen LogP contribution is -2.49. The van der Waals surface area contributed by atoms with E-state index < -0.39 is 51.6 Å². The Morgan fingerprint density at radius 1 is 1.20 bits per heavy atom. The first-order valence-electron chi connectivity index (χ1n) is 10.1. The lowest BCUT2D eigenvalue weighted by molar-refractivity contribution is -0.140. The Bertz CT molecular complexity index is 992. The molecule has 1 aromatic carbocycles. The Morgan fingerprint density at radius 3 is 2.40 bits per heavy atom. The van der Waals surface area contributed by atoms with E-state index in [1.807, 2.05) is 0 Å². The molecule has 3 aliphatic rings. The molecule has 3 fully saturated rings. The van der Waals surface area contributed by atoms with E-state index in [9.17, 15) is 27.2 Å². The molecule has 2 atom stereocenters. The zero-order valence-electron chi connectivity index (χ0n) is 16.6. The number of hydrogen-bond donors (Lipinski definition) is 1. The summed E-state index contributed by atoms with van der Waals surface area (Å²) in [5, 5.41) is 2.67. The van der Waals surface area contributed by atoms with E-state index in [4.69, 9.17) is 0 Å². The van der Waals surface area contributed by atoms with Gasteiger partial charge in [0.15, 0.2) is 9.84 Å². The number of carbonyl (C=O) groups excluding carboxylic acids is 3. The normalized spacial score (nSPS) is 27.9. The van der Waals surface area contributed by atoms with E-state index in [1.165, 1.54) is 24.3 Å². The van der Waals surface area contributed by atoms with Crippen molar-refractivity contribution in [1.82, 2.24) is 15.1 Å². The fourth-order valence-corrected chi connectivity index (χ4v) is 6.12. The van der Waals surface area contributed by atoms with E-state index in [2.05, 4.69) is 5.32 Å². The minimum Gasteiger partial charge on any atom is -0.334 e. The second-order valence-electron chi connectivity index (χ2n) is 8.18. The van der Waals surface area contributed by atoms with Gasteiger partial charge in [0.25, 0.3) is 5.91 Å². The van der Waals surface area contributed by atoms with E-state index in [0.717, 1.165) is 17.7 Å². The highest BCUT2D eigenvalue weighted by atomic mass is 32.2. The summed E-state index contributed by atoms with van der Waals surface area (Å²) in [7, 11) is -3.17. The van der Waals surface area contributed by atoms with Gasteiger partial charge < -0.3 is 10.2 Å². The number of rotatable bonds is 6. The molecule has 162 valence electrons. The zero-order valence-corrected chi connectivity index (χ0v) is 17.5. The highest BCUT2D eigenvalue weighted by Crippen LogP contribution is 2.35. The van der Waals surface area contributed by atoms with Crippen molar-refractivity contribution in [2.45, 2.75) is 50.2 Å². The molecule has 4 rings (SSSR count). The van der Waals surface area contributed by atoms with Gasteiger partial charge in [-0.25, -0.2) is 17.6 Å². The number of urea groups is 1. The number of hydrogen-bond acceptors (Lipinski definition) is 5. The molecule has 8 nitrogen and oxygen atoms in total. The molecule has 0 aromatic heterocycles. The lowest BCUT2D eigenvalue weighted by Gasteiger charge is -2.30. The molecule has 1 N–H and O–H groups in total. The smallest absolute Gasteiger partial charge is 0.325 e. The number of carbonyl (C=O) groups is 3. The lowest BCUT2D eigenvalue weighted by atomic mass is 9.87. The standard InChI is InChI=1S/C20H24FN3O5S/c1-2-20(13-3-5-14(21)6-4-13)18(26)23(19(27)22-20)11-17(25)24(15-7-8-15)16-9-10-30(28,29)12-16/h3-6,15-16H,2,7-12H2,1H3,(H,22,27)/t16-,20-/m1/s1. The molecule has 1 aliphatic carbocycles. The molecule has 0 radical (unpaired) electrons. The highest BCUT2D eigenvalue weighted by Gasteiger charge is 2.52. The van der Waals surface area contributed by atoms with Gasteiger partial charge >= 0.3 is 6.03 Å². The van der Waals surface area contributed by atoms with Crippen LogP contribution in [0, 0.1) is 5.82 Å². The molecule has 2 saturated heterocycles. The van der Waals surface area contributed by atoms with Crippen molar-refractivity contribution in [1.29, 1.82) is 0 Å². The molecule has 10 heteroatoms. The maximum absolute atomic E-state index is 13.3. The van der Waals surface area contributed by atoms with Crippen LogP contribution in [0.3, 0.4) is 0 Å². The van der Waals surface area contributed by atoms with Crippen LogP contribution < -0.4 is 5.32 Å². The number of nitrogens with zero attached hydrogens (tertiary/aromatic N) is 2. The topological polar surface area (TPSA) is 104 Å². The second-order valence-corrected chi connectivity index (χ2v) is 10.4. The predicted molar refractivity (Wildman–Crippen MR) is 106 cm³/mol.